The second-order valence-electron chi connectivity index (χ2n) is 5.57. The molecule has 5 nitrogen and oxygen atoms in total. The van der Waals surface area contributed by atoms with E-state index < -0.39 is 0 Å². The highest BCUT2D eigenvalue weighted by Gasteiger charge is 2.10. The highest BCUT2D eigenvalue weighted by Crippen LogP contribution is 2.24. The molecular weight excluding hydrogens is 370 g/mol. The number of halogens is 1. The Balaban J connectivity index is 1.91. The number of carbonyl (C=O) groups excluding carboxylic acids is 1. The molecule has 0 spiro atoms. The van der Waals surface area contributed by atoms with Crippen LogP contribution in [0, 0.1) is 6.92 Å². The molecule has 0 saturated heterocycles. The van der Waals surface area contributed by atoms with Crippen LogP contribution >= 0.6 is 15.9 Å². The molecule has 0 aliphatic heterocycles. The van der Waals surface area contributed by atoms with Crippen molar-refractivity contribution in [3.8, 4) is 0 Å². The molecule has 2 aromatic carbocycles. The second kappa shape index (κ2) is 6.49. The smallest absolute Gasteiger partial charge is 0.316 e. The molecule has 0 atom stereocenters. The topological polar surface area (TPSA) is 63.1 Å². The molecule has 0 unspecified atom stereocenters. The van der Waals surface area contributed by atoms with Crippen LogP contribution in [0.1, 0.15) is 5.56 Å². The van der Waals surface area contributed by atoms with Crippen LogP contribution in [0.5, 0.6) is 0 Å². The summed E-state index contributed by atoms with van der Waals surface area (Å²) < 4.78 is 2.27. The zero-order valence-corrected chi connectivity index (χ0v) is 14.8. The van der Waals surface area contributed by atoms with E-state index in [1.54, 1.807) is 25.4 Å². The standard InChI is InChI=1S/C18H16BrN3O2/c1-11-7-8-15(14(19)9-11)20-18(24)21-16-10-22(2)17(23)13-6-4-3-5-12(13)16/h3-10H,1-2H3,(H2,20,21,24). The quantitative estimate of drug-likeness (QED) is 0.692. The molecule has 2 amide bonds. The lowest BCUT2D eigenvalue weighted by molar-refractivity contribution is 0.262. The molecule has 0 saturated carbocycles. The molecule has 0 bridgehead atoms. The maximum absolute atomic E-state index is 12.3. The normalized spacial score (nSPS) is 10.6. The first-order valence-electron chi connectivity index (χ1n) is 7.38. The van der Waals surface area contributed by atoms with E-state index >= 15 is 0 Å². The summed E-state index contributed by atoms with van der Waals surface area (Å²) in [6, 6.07) is 12.5. The Morgan fingerprint density at radius 3 is 2.42 bits per heavy atom. The summed E-state index contributed by atoms with van der Waals surface area (Å²) in [5.41, 5.74) is 2.25. The number of fused-ring (bicyclic) bond motifs is 1. The number of hydrogen-bond acceptors (Lipinski definition) is 2. The van der Waals surface area contributed by atoms with Gasteiger partial charge < -0.3 is 15.2 Å². The first kappa shape index (κ1) is 16.3. The zero-order valence-electron chi connectivity index (χ0n) is 13.3. The minimum Gasteiger partial charge on any atom is -0.316 e. The first-order valence-corrected chi connectivity index (χ1v) is 8.17. The number of hydrogen-bond donors (Lipinski definition) is 2. The van der Waals surface area contributed by atoms with Gasteiger partial charge in [0.1, 0.15) is 0 Å². The number of pyridine rings is 1. The van der Waals surface area contributed by atoms with Crippen molar-refractivity contribution in [1.82, 2.24) is 4.57 Å². The van der Waals surface area contributed by atoms with Crippen molar-refractivity contribution in [2.75, 3.05) is 10.6 Å². The molecule has 24 heavy (non-hydrogen) atoms. The van der Waals surface area contributed by atoms with Crippen LogP contribution in [0.4, 0.5) is 16.2 Å². The Labute approximate surface area is 147 Å². The molecule has 122 valence electrons. The van der Waals surface area contributed by atoms with E-state index in [4.69, 9.17) is 0 Å². The number of rotatable bonds is 2. The minimum absolute atomic E-state index is 0.0992. The molecule has 0 aliphatic carbocycles. The second-order valence-corrected chi connectivity index (χ2v) is 6.42. The van der Waals surface area contributed by atoms with Crippen molar-refractivity contribution in [1.29, 1.82) is 0 Å². The van der Waals surface area contributed by atoms with Gasteiger partial charge in [0.25, 0.3) is 5.56 Å². The van der Waals surface area contributed by atoms with Gasteiger partial charge in [0.2, 0.25) is 0 Å². The van der Waals surface area contributed by atoms with E-state index in [0.29, 0.717) is 22.1 Å². The molecule has 1 heterocycles. The monoisotopic (exact) mass is 385 g/mol. The third kappa shape index (κ3) is 3.19. The van der Waals surface area contributed by atoms with E-state index in [2.05, 4.69) is 26.6 Å². The fourth-order valence-electron chi connectivity index (χ4n) is 2.51. The predicted octanol–water partition coefficient (Wildman–Crippen LogP) is 4.25. The fourth-order valence-corrected chi connectivity index (χ4v) is 3.11. The number of aryl methyl sites for hydroxylation is 2. The number of nitrogens with zero attached hydrogens (tertiary/aromatic N) is 1. The summed E-state index contributed by atoms with van der Waals surface area (Å²) >= 11 is 3.43. The highest BCUT2D eigenvalue weighted by atomic mass is 79.9. The summed E-state index contributed by atoms with van der Waals surface area (Å²) in [6.45, 7) is 1.98. The van der Waals surface area contributed by atoms with Gasteiger partial charge >= 0.3 is 6.03 Å². The Bertz CT molecular complexity index is 995. The zero-order chi connectivity index (χ0) is 17.3. The third-order valence-electron chi connectivity index (χ3n) is 3.71. The van der Waals surface area contributed by atoms with E-state index in [-0.39, 0.29) is 11.6 Å². The Hall–Kier alpha value is -2.60. The van der Waals surface area contributed by atoms with E-state index in [9.17, 15) is 9.59 Å². The lowest BCUT2D eigenvalue weighted by Crippen LogP contribution is -2.23. The van der Waals surface area contributed by atoms with Gasteiger partial charge in [-0.15, -0.1) is 0 Å². The van der Waals surface area contributed by atoms with Gasteiger partial charge in [0, 0.05) is 28.5 Å². The van der Waals surface area contributed by atoms with Gasteiger partial charge in [-0.3, -0.25) is 4.79 Å². The van der Waals surface area contributed by atoms with Crippen LogP contribution in [-0.4, -0.2) is 10.6 Å². The number of nitrogens with one attached hydrogen (secondary N) is 2. The number of carbonyl (C=O) groups is 1. The van der Waals surface area contributed by atoms with E-state index in [0.717, 1.165) is 10.0 Å². The minimum atomic E-state index is -0.372. The van der Waals surface area contributed by atoms with Crippen LogP contribution in [0.2, 0.25) is 0 Å². The van der Waals surface area contributed by atoms with Crippen molar-refractivity contribution < 1.29 is 4.79 Å². The van der Waals surface area contributed by atoms with Crippen molar-refractivity contribution in [2.45, 2.75) is 6.92 Å². The van der Waals surface area contributed by atoms with Gasteiger partial charge in [-0.05, 0) is 46.6 Å². The average molecular weight is 386 g/mol. The van der Waals surface area contributed by atoms with E-state index in [1.165, 1.54) is 4.57 Å². The Kier molecular flexibility index (Phi) is 4.40. The largest absolute Gasteiger partial charge is 0.323 e. The molecule has 0 aliphatic rings. The van der Waals surface area contributed by atoms with Gasteiger partial charge in [-0.25, -0.2) is 4.79 Å². The van der Waals surface area contributed by atoms with Gasteiger partial charge in [-0.2, -0.15) is 0 Å². The van der Waals surface area contributed by atoms with Crippen molar-refractivity contribution >= 4 is 44.1 Å². The number of anilines is 2. The first-order chi connectivity index (χ1) is 11.5. The Morgan fingerprint density at radius 1 is 1.04 bits per heavy atom. The summed E-state index contributed by atoms with van der Waals surface area (Å²) in [5.74, 6) is 0. The van der Waals surface area contributed by atoms with E-state index in [1.807, 2.05) is 37.3 Å². The maximum Gasteiger partial charge on any atom is 0.323 e. The molecule has 0 radical (unpaired) electrons. The lowest BCUT2D eigenvalue weighted by Gasteiger charge is -2.12. The SMILES string of the molecule is Cc1ccc(NC(=O)Nc2cn(C)c(=O)c3ccccc23)c(Br)c1. The van der Waals surface area contributed by atoms with Crippen LogP contribution in [0.3, 0.4) is 0 Å². The summed E-state index contributed by atoms with van der Waals surface area (Å²) in [7, 11) is 1.66. The number of aromatic nitrogens is 1. The van der Waals surface area contributed by atoms with Gasteiger partial charge in [0.15, 0.2) is 0 Å². The van der Waals surface area contributed by atoms with Crippen LogP contribution in [0.15, 0.2) is 57.9 Å². The number of amides is 2. The number of urea groups is 1. The van der Waals surface area contributed by atoms with Gasteiger partial charge in [0.05, 0.1) is 11.4 Å². The predicted molar refractivity (Wildman–Crippen MR) is 101 cm³/mol. The van der Waals surface area contributed by atoms with Crippen molar-refractivity contribution in [2.24, 2.45) is 7.05 Å². The average Bonchev–Trinajstić information content (AvgIpc) is 2.55. The summed E-state index contributed by atoms with van der Waals surface area (Å²) in [6.07, 6.45) is 1.62. The highest BCUT2D eigenvalue weighted by molar-refractivity contribution is 9.10. The molecule has 3 rings (SSSR count). The Morgan fingerprint density at radius 2 is 1.71 bits per heavy atom. The molecule has 2 N–H and O–H groups in total. The molecule has 1 aromatic heterocycles. The van der Waals surface area contributed by atoms with Crippen LogP contribution < -0.4 is 16.2 Å². The van der Waals surface area contributed by atoms with Crippen molar-refractivity contribution in [3.05, 3.63) is 69.1 Å². The van der Waals surface area contributed by atoms with Gasteiger partial charge in [-0.1, -0.05) is 24.3 Å². The fraction of sp³-hybridized carbons (Fsp3) is 0.111. The van der Waals surface area contributed by atoms with Crippen LogP contribution in [0.25, 0.3) is 10.8 Å². The molecule has 0 fully saturated rings. The van der Waals surface area contributed by atoms with Crippen molar-refractivity contribution in [3.63, 3.8) is 0 Å². The lowest BCUT2D eigenvalue weighted by atomic mass is 10.1. The summed E-state index contributed by atoms with van der Waals surface area (Å²) in [5, 5.41) is 6.88. The maximum atomic E-state index is 12.3. The van der Waals surface area contributed by atoms with Crippen LogP contribution in [-0.2, 0) is 7.05 Å². The third-order valence-corrected chi connectivity index (χ3v) is 4.37. The molecule has 3 aromatic rings. The number of benzene rings is 2. The molecule has 6 heteroatoms. The molecular formula is C18H16BrN3O2. The summed E-state index contributed by atoms with van der Waals surface area (Å²) in [4.78, 5) is 24.5.